The number of hydrogen-bond donors (Lipinski definition) is 4. The van der Waals surface area contributed by atoms with Crippen LogP contribution in [0.15, 0.2) is 0 Å². The Morgan fingerprint density at radius 3 is 1.00 bits per heavy atom. The van der Waals surface area contributed by atoms with Crippen molar-refractivity contribution in [2.24, 2.45) is 0 Å². The Bertz CT molecular complexity index is 587. The average molecular weight is 640 g/mol. The van der Waals surface area contributed by atoms with Crippen molar-refractivity contribution >= 4 is 5.91 Å². The van der Waals surface area contributed by atoms with Crippen molar-refractivity contribution in [1.29, 1.82) is 0 Å². The highest BCUT2D eigenvalue weighted by atomic mass is 16.3. The zero-order chi connectivity index (χ0) is 33.1. The third-order valence-electron chi connectivity index (χ3n) is 9.73. The molecule has 1 amide bonds. The van der Waals surface area contributed by atoms with E-state index in [0.717, 1.165) is 32.1 Å². The lowest BCUT2D eigenvalue weighted by molar-refractivity contribution is -0.131. The molecule has 270 valence electrons. The fourth-order valence-electron chi connectivity index (χ4n) is 6.49. The van der Waals surface area contributed by atoms with Crippen LogP contribution < -0.4 is 5.32 Å². The third-order valence-corrected chi connectivity index (χ3v) is 9.73. The van der Waals surface area contributed by atoms with Crippen molar-refractivity contribution in [2.45, 2.75) is 244 Å². The predicted octanol–water partition coefficient (Wildman–Crippen LogP) is 11.1. The Hall–Kier alpha value is -0.650. The van der Waals surface area contributed by atoms with Crippen LogP contribution in [0, 0.1) is 0 Å². The summed E-state index contributed by atoms with van der Waals surface area (Å²) in [5, 5.41) is 33.2. The molecule has 5 heteroatoms. The second-order valence-corrected chi connectivity index (χ2v) is 14.2. The Morgan fingerprint density at radius 2 is 0.711 bits per heavy atom. The number of amides is 1. The van der Waals surface area contributed by atoms with Crippen molar-refractivity contribution < 1.29 is 20.1 Å². The van der Waals surface area contributed by atoms with Gasteiger partial charge in [-0.3, -0.25) is 4.79 Å². The fraction of sp³-hybridized carbons (Fsp3) is 0.975. The van der Waals surface area contributed by atoms with Gasteiger partial charge in [0.15, 0.2) is 0 Å². The number of aliphatic hydroxyl groups is 3. The second kappa shape index (κ2) is 36.2. The number of carbonyl (C=O) groups excluding carboxylic acids is 1. The standard InChI is InChI=1S/C40H81NO4/c1-3-5-7-9-11-13-15-17-18-19-20-21-22-23-25-26-28-30-32-34-38(43)37(36-42)41-40(45)39(44)35-33-31-29-27-24-16-14-12-10-8-6-4-2/h37-39,42-44H,3-36H2,1-2H3,(H,41,45). The Labute approximate surface area is 281 Å². The largest absolute Gasteiger partial charge is 0.394 e. The van der Waals surface area contributed by atoms with Gasteiger partial charge in [-0.05, 0) is 12.8 Å². The first-order valence-electron chi connectivity index (χ1n) is 20.3. The minimum atomic E-state index is -1.07. The summed E-state index contributed by atoms with van der Waals surface area (Å²) in [6.07, 6.45) is 39.5. The minimum absolute atomic E-state index is 0.308. The molecule has 0 aliphatic rings. The summed E-state index contributed by atoms with van der Waals surface area (Å²) < 4.78 is 0. The molecule has 0 aliphatic carbocycles. The highest BCUT2D eigenvalue weighted by Gasteiger charge is 2.23. The van der Waals surface area contributed by atoms with Crippen molar-refractivity contribution in [3.63, 3.8) is 0 Å². The molecule has 0 rings (SSSR count). The molecule has 0 saturated heterocycles. The number of rotatable bonds is 37. The molecule has 0 spiro atoms. The molecule has 0 radical (unpaired) electrons. The van der Waals surface area contributed by atoms with Crippen molar-refractivity contribution in [3.8, 4) is 0 Å². The second-order valence-electron chi connectivity index (χ2n) is 14.2. The van der Waals surface area contributed by atoms with Gasteiger partial charge in [0, 0.05) is 0 Å². The molecule has 0 saturated carbocycles. The highest BCUT2D eigenvalue weighted by molar-refractivity contribution is 5.80. The van der Waals surface area contributed by atoms with Crippen LogP contribution in [0.25, 0.3) is 0 Å². The number of unbranched alkanes of at least 4 members (excludes halogenated alkanes) is 29. The van der Waals surface area contributed by atoms with E-state index in [2.05, 4.69) is 19.2 Å². The zero-order valence-electron chi connectivity index (χ0n) is 30.5. The lowest BCUT2D eigenvalue weighted by Gasteiger charge is -2.23. The van der Waals surface area contributed by atoms with Gasteiger partial charge >= 0.3 is 0 Å². The van der Waals surface area contributed by atoms with Crippen LogP contribution in [-0.4, -0.2) is 46.1 Å². The van der Waals surface area contributed by atoms with Gasteiger partial charge in [-0.1, -0.05) is 213 Å². The summed E-state index contributed by atoms with van der Waals surface area (Å²) in [6, 6.07) is -0.704. The third kappa shape index (κ3) is 31.7. The smallest absolute Gasteiger partial charge is 0.249 e. The van der Waals surface area contributed by atoms with E-state index in [1.54, 1.807) is 0 Å². The van der Waals surface area contributed by atoms with Crippen LogP contribution in [0.3, 0.4) is 0 Å². The molecule has 0 aromatic rings. The van der Waals surface area contributed by atoms with Crippen molar-refractivity contribution in [2.75, 3.05) is 6.61 Å². The maximum absolute atomic E-state index is 12.4. The van der Waals surface area contributed by atoms with Gasteiger partial charge in [-0.15, -0.1) is 0 Å². The van der Waals surface area contributed by atoms with E-state index >= 15 is 0 Å². The van der Waals surface area contributed by atoms with Gasteiger partial charge in [0.2, 0.25) is 5.91 Å². The zero-order valence-corrected chi connectivity index (χ0v) is 30.5. The summed E-state index contributed by atoms with van der Waals surface area (Å²) in [5.41, 5.74) is 0. The lowest BCUT2D eigenvalue weighted by atomic mass is 10.0. The maximum Gasteiger partial charge on any atom is 0.249 e. The Balaban J connectivity index is 3.60. The molecular formula is C40H81NO4. The molecular weight excluding hydrogens is 558 g/mol. The van der Waals surface area contributed by atoms with Crippen LogP contribution in [0.4, 0.5) is 0 Å². The van der Waals surface area contributed by atoms with E-state index in [1.807, 2.05) is 0 Å². The van der Waals surface area contributed by atoms with Gasteiger partial charge in [0.1, 0.15) is 6.10 Å². The molecule has 0 aromatic heterocycles. The van der Waals surface area contributed by atoms with Crippen LogP contribution in [0.5, 0.6) is 0 Å². The molecule has 5 nitrogen and oxygen atoms in total. The summed E-state index contributed by atoms with van der Waals surface area (Å²) in [4.78, 5) is 12.4. The maximum atomic E-state index is 12.4. The van der Waals surface area contributed by atoms with Gasteiger partial charge < -0.3 is 20.6 Å². The summed E-state index contributed by atoms with van der Waals surface area (Å²) in [7, 11) is 0. The fourth-order valence-corrected chi connectivity index (χ4v) is 6.49. The SMILES string of the molecule is CCCCCCCCCCCCCCCCCCCCCC(O)C(CO)NC(=O)C(O)CCCCCCCCCCCCCC. The normalized spacial score (nSPS) is 13.6. The lowest BCUT2D eigenvalue weighted by Crippen LogP contribution is -2.49. The topological polar surface area (TPSA) is 89.8 Å². The molecule has 0 heterocycles. The van der Waals surface area contributed by atoms with Crippen LogP contribution in [0.1, 0.15) is 226 Å². The number of hydrogen-bond acceptors (Lipinski definition) is 4. The molecule has 3 atom stereocenters. The number of nitrogens with one attached hydrogen (secondary N) is 1. The summed E-state index contributed by atoms with van der Waals surface area (Å²) in [5.74, 6) is -0.468. The predicted molar refractivity (Wildman–Crippen MR) is 195 cm³/mol. The molecule has 4 N–H and O–H groups in total. The molecule has 0 fully saturated rings. The van der Waals surface area contributed by atoms with E-state index in [0.29, 0.717) is 12.8 Å². The molecule has 0 aliphatic heterocycles. The van der Waals surface area contributed by atoms with E-state index in [1.165, 1.54) is 167 Å². The molecule has 0 aromatic carbocycles. The Morgan fingerprint density at radius 1 is 0.444 bits per heavy atom. The van der Waals surface area contributed by atoms with E-state index < -0.39 is 24.2 Å². The van der Waals surface area contributed by atoms with Crippen LogP contribution in [0.2, 0.25) is 0 Å². The van der Waals surface area contributed by atoms with E-state index in [-0.39, 0.29) is 6.61 Å². The monoisotopic (exact) mass is 640 g/mol. The highest BCUT2D eigenvalue weighted by Crippen LogP contribution is 2.16. The van der Waals surface area contributed by atoms with Crippen LogP contribution >= 0.6 is 0 Å². The van der Waals surface area contributed by atoms with Gasteiger partial charge in [0.05, 0.1) is 18.8 Å². The first-order valence-corrected chi connectivity index (χ1v) is 20.3. The van der Waals surface area contributed by atoms with E-state index in [4.69, 9.17) is 0 Å². The Kier molecular flexibility index (Phi) is 35.7. The molecule has 0 bridgehead atoms. The van der Waals surface area contributed by atoms with Gasteiger partial charge in [0.25, 0.3) is 0 Å². The van der Waals surface area contributed by atoms with Gasteiger partial charge in [-0.25, -0.2) is 0 Å². The van der Waals surface area contributed by atoms with Crippen molar-refractivity contribution in [3.05, 3.63) is 0 Å². The number of aliphatic hydroxyl groups excluding tert-OH is 3. The molecule has 3 unspecified atom stereocenters. The average Bonchev–Trinajstić information content (AvgIpc) is 3.04. The first kappa shape index (κ1) is 44.4. The number of carbonyl (C=O) groups is 1. The van der Waals surface area contributed by atoms with Gasteiger partial charge in [-0.2, -0.15) is 0 Å². The molecule has 45 heavy (non-hydrogen) atoms. The summed E-state index contributed by atoms with van der Waals surface area (Å²) >= 11 is 0. The first-order chi connectivity index (χ1) is 22.1. The van der Waals surface area contributed by atoms with Crippen molar-refractivity contribution in [1.82, 2.24) is 5.32 Å². The summed E-state index contributed by atoms with van der Waals surface area (Å²) in [6.45, 7) is 4.23. The quantitative estimate of drug-likeness (QED) is 0.0509. The van der Waals surface area contributed by atoms with Crippen LogP contribution in [-0.2, 0) is 4.79 Å². The van der Waals surface area contributed by atoms with E-state index in [9.17, 15) is 20.1 Å². The minimum Gasteiger partial charge on any atom is -0.394 e.